The van der Waals surface area contributed by atoms with Gasteiger partial charge in [-0.15, -0.1) is 0 Å². The molecule has 0 radical (unpaired) electrons. The average Bonchev–Trinajstić information content (AvgIpc) is 3.47. The summed E-state index contributed by atoms with van der Waals surface area (Å²) in [5, 5.41) is 27.0. The fourth-order valence-electron chi connectivity index (χ4n) is 4.42. The lowest BCUT2D eigenvalue weighted by atomic mass is 10.0. The Balaban J connectivity index is 1.33. The van der Waals surface area contributed by atoms with Gasteiger partial charge in [0.15, 0.2) is 0 Å². The van der Waals surface area contributed by atoms with Gasteiger partial charge >= 0.3 is 0 Å². The van der Waals surface area contributed by atoms with Crippen molar-refractivity contribution in [3.63, 3.8) is 0 Å². The maximum atomic E-state index is 13.3. The lowest BCUT2D eigenvalue weighted by Gasteiger charge is -2.18. The minimum absolute atomic E-state index is 0.0921. The molecule has 0 bridgehead atoms. The third-order valence-corrected chi connectivity index (χ3v) is 6.35. The van der Waals surface area contributed by atoms with E-state index in [1.54, 1.807) is 42.6 Å². The van der Waals surface area contributed by atoms with Crippen molar-refractivity contribution < 1.29 is 24.2 Å². The minimum atomic E-state index is -0.925. The van der Waals surface area contributed by atoms with E-state index < -0.39 is 17.8 Å². The first-order chi connectivity index (χ1) is 17.9. The number of H-pyrrole nitrogens is 2. The highest BCUT2D eigenvalue weighted by atomic mass is 19.1. The Hall–Kier alpha value is -4.79. The second kappa shape index (κ2) is 10.1. The summed E-state index contributed by atoms with van der Waals surface area (Å²) in [5.74, 6) is -1.10. The molecule has 0 aliphatic carbocycles. The van der Waals surface area contributed by atoms with Crippen LogP contribution in [-0.4, -0.2) is 44.6 Å². The van der Waals surface area contributed by atoms with Crippen molar-refractivity contribution in [1.82, 2.24) is 20.6 Å². The zero-order chi connectivity index (χ0) is 25.9. The van der Waals surface area contributed by atoms with Crippen LogP contribution in [0.1, 0.15) is 21.5 Å². The Labute approximate surface area is 211 Å². The van der Waals surface area contributed by atoms with Gasteiger partial charge in [0.05, 0.1) is 0 Å². The van der Waals surface area contributed by atoms with Crippen LogP contribution in [0.15, 0.2) is 73.1 Å². The molecule has 0 saturated heterocycles. The number of rotatable bonds is 8. The SMILES string of the molecule is O=C(N[C@@H](Cc1c[nH]c2ccc(O)cc12)C(=O)NCCc1c[nH]c2ccc(O)cc12)c1ccc(F)cc1. The Morgan fingerprint density at radius 2 is 1.43 bits per heavy atom. The molecular weight excluding hydrogens is 475 g/mol. The number of nitrogens with one attached hydrogen (secondary N) is 4. The van der Waals surface area contributed by atoms with Crippen LogP contribution in [0.2, 0.25) is 0 Å². The summed E-state index contributed by atoms with van der Waals surface area (Å²) < 4.78 is 13.3. The number of fused-ring (bicyclic) bond motifs is 2. The molecule has 2 heterocycles. The number of phenols is 2. The van der Waals surface area contributed by atoms with Crippen molar-refractivity contribution >= 4 is 33.6 Å². The number of aromatic nitrogens is 2. The highest BCUT2D eigenvalue weighted by molar-refractivity contribution is 5.98. The maximum Gasteiger partial charge on any atom is 0.251 e. The van der Waals surface area contributed by atoms with Gasteiger partial charge in [0.2, 0.25) is 5.91 Å². The molecule has 0 aliphatic heterocycles. The van der Waals surface area contributed by atoms with Gasteiger partial charge < -0.3 is 30.8 Å². The smallest absolute Gasteiger partial charge is 0.251 e. The van der Waals surface area contributed by atoms with Crippen LogP contribution in [0.5, 0.6) is 11.5 Å². The molecule has 5 rings (SSSR count). The molecule has 9 heteroatoms. The number of aromatic amines is 2. The monoisotopic (exact) mass is 500 g/mol. The number of carbonyl (C=O) groups is 2. The van der Waals surface area contributed by atoms with E-state index in [0.29, 0.717) is 13.0 Å². The van der Waals surface area contributed by atoms with E-state index in [-0.39, 0.29) is 29.4 Å². The summed E-state index contributed by atoms with van der Waals surface area (Å²) in [7, 11) is 0. The summed E-state index contributed by atoms with van der Waals surface area (Å²) in [5.41, 5.74) is 3.59. The van der Waals surface area contributed by atoms with Gasteiger partial charge in [0.1, 0.15) is 23.4 Å². The Morgan fingerprint density at radius 3 is 2.08 bits per heavy atom. The quantitative estimate of drug-likeness (QED) is 0.193. The molecule has 2 amide bonds. The van der Waals surface area contributed by atoms with Crippen LogP contribution in [0.4, 0.5) is 4.39 Å². The molecule has 2 aromatic heterocycles. The van der Waals surface area contributed by atoms with Crippen LogP contribution in [0.25, 0.3) is 21.8 Å². The van der Waals surface area contributed by atoms with Gasteiger partial charge in [0.25, 0.3) is 5.91 Å². The molecule has 0 unspecified atom stereocenters. The van der Waals surface area contributed by atoms with Gasteiger partial charge in [-0.2, -0.15) is 0 Å². The summed E-state index contributed by atoms with van der Waals surface area (Å²) in [4.78, 5) is 32.4. The largest absolute Gasteiger partial charge is 0.508 e. The second-order valence-electron chi connectivity index (χ2n) is 8.87. The van der Waals surface area contributed by atoms with Crippen LogP contribution in [0, 0.1) is 5.82 Å². The number of halogens is 1. The van der Waals surface area contributed by atoms with Crippen LogP contribution < -0.4 is 10.6 Å². The highest BCUT2D eigenvalue weighted by Crippen LogP contribution is 2.25. The van der Waals surface area contributed by atoms with Crippen LogP contribution >= 0.6 is 0 Å². The maximum absolute atomic E-state index is 13.3. The number of hydrogen-bond donors (Lipinski definition) is 6. The van der Waals surface area contributed by atoms with Crippen molar-refractivity contribution in [2.45, 2.75) is 18.9 Å². The summed E-state index contributed by atoms with van der Waals surface area (Å²) >= 11 is 0. The van der Waals surface area contributed by atoms with Gasteiger partial charge in [-0.25, -0.2) is 4.39 Å². The minimum Gasteiger partial charge on any atom is -0.508 e. The molecule has 5 aromatic rings. The van der Waals surface area contributed by atoms with E-state index in [0.717, 1.165) is 32.9 Å². The van der Waals surface area contributed by atoms with Gasteiger partial charge in [-0.3, -0.25) is 9.59 Å². The summed E-state index contributed by atoms with van der Waals surface area (Å²) in [6, 6.07) is 14.1. The lowest BCUT2D eigenvalue weighted by Crippen LogP contribution is -2.48. The van der Waals surface area contributed by atoms with E-state index in [1.807, 2.05) is 6.20 Å². The van der Waals surface area contributed by atoms with Crippen LogP contribution in [-0.2, 0) is 17.6 Å². The van der Waals surface area contributed by atoms with Crippen molar-refractivity contribution in [3.8, 4) is 11.5 Å². The van der Waals surface area contributed by atoms with Gasteiger partial charge in [0, 0.05) is 52.7 Å². The molecule has 8 nitrogen and oxygen atoms in total. The third-order valence-electron chi connectivity index (χ3n) is 6.35. The first-order valence-electron chi connectivity index (χ1n) is 11.8. The van der Waals surface area contributed by atoms with E-state index in [4.69, 9.17) is 0 Å². The molecule has 37 heavy (non-hydrogen) atoms. The number of carbonyl (C=O) groups excluding carboxylic acids is 2. The normalized spacial score (nSPS) is 12.0. The number of amides is 2. The fraction of sp³-hybridized carbons (Fsp3) is 0.143. The molecule has 0 fully saturated rings. The van der Waals surface area contributed by atoms with Crippen molar-refractivity contribution in [2.75, 3.05) is 6.54 Å². The van der Waals surface area contributed by atoms with E-state index >= 15 is 0 Å². The van der Waals surface area contributed by atoms with Crippen molar-refractivity contribution in [3.05, 3.63) is 95.6 Å². The Bertz CT molecular complexity index is 1590. The summed E-state index contributed by atoms with van der Waals surface area (Å²) in [6.07, 6.45) is 4.26. The standard InChI is InChI=1S/C28H25FN4O4/c29-19-3-1-16(2-4-19)27(36)33-26(11-18-15-32-25-8-6-21(35)13-23(18)25)28(37)30-10-9-17-14-31-24-7-5-20(34)12-22(17)24/h1-8,12-15,26,31-32,34-35H,9-11H2,(H,30,37)(H,33,36)/t26-/m0/s1. The van der Waals surface area contributed by atoms with E-state index in [1.165, 1.54) is 24.3 Å². The molecular formula is C28H25FN4O4. The molecule has 3 aromatic carbocycles. The molecule has 6 N–H and O–H groups in total. The summed E-state index contributed by atoms with van der Waals surface area (Å²) in [6.45, 7) is 0.305. The Morgan fingerprint density at radius 1 is 0.838 bits per heavy atom. The first-order valence-corrected chi connectivity index (χ1v) is 11.8. The molecule has 0 spiro atoms. The predicted molar refractivity (Wildman–Crippen MR) is 138 cm³/mol. The Kier molecular flexibility index (Phi) is 6.51. The number of hydrogen-bond acceptors (Lipinski definition) is 4. The number of phenolic OH excluding ortho intramolecular Hbond substituents is 2. The highest BCUT2D eigenvalue weighted by Gasteiger charge is 2.23. The zero-order valence-electron chi connectivity index (χ0n) is 19.7. The van der Waals surface area contributed by atoms with Crippen molar-refractivity contribution in [2.24, 2.45) is 0 Å². The van der Waals surface area contributed by atoms with E-state index in [9.17, 15) is 24.2 Å². The first kappa shape index (κ1) is 23.9. The van der Waals surface area contributed by atoms with E-state index in [2.05, 4.69) is 20.6 Å². The molecule has 188 valence electrons. The predicted octanol–water partition coefficient (Wildman–Crippen LogP) is 3.90. The number of benzene rings is 3. The third kappa shape index (κ3) is 5.25. The van der Waals surface area contributed by atoms with Crippen molar-refractivity contribution in [1.29, 1.82) is 0 Å². The lowest BCUT2D eigenvalue weighted by molar-refractivity contribution is -0.122. The zero-order valence-corrected chi connectivity index (χ0v) is 19.7. The average molecular weight is 501 g/mol. The molecule has 0 aliphatic rings. The van der Waals surface area contributed by atoms with Gasteiger partial charge in [-0.1, -0.05) is 0 Å². The molecule has 1 atom stereocenters. The van der Waals surface area contributed by atoms with Crippen LogP contribution in [0.3, 0.4) is 0 Å². The number of aromatic hydroxyl groups is 2. The molecule has 0 saturated carbocycles. The second-order valence-corrected chi connectivity index (χ2v) is 8.87. The fourth-order valence-corrected chi connectivity index (χ4v) is 4.42. The topological polar surface area (TPSA) is 130 Å². The van der Waals surface area contributed by atoms with Gasteiger partial charge in [-0.05, 0) is 78.2 Å².